The number of esters is 1. The molecule has 1 heterocycles. The second kappa shape index (κ2) is 3.39. The van der Waals surface area contributed by atoms with Gasteiger partial charge in [-0.2, -0.15) is 0 Å². The van der Waals surface area contributed by atoms with Gasteiger partial charge >= 0.3 is 5.97 Å². The summed E-state index contributed by atoms with van der Waals surface area (Å²) in [6.07, 6.45) is 6.06. The van der Waals surface area contributed by atoms with E-state index in [1.807, 2.05) is 19.1 Å². The van der Waals surface area contributed by atoms with Crippen LogP contribution in [0.2, 0.25) is 0 Å². The molecule has 1 aliphatic heterocycles. The van der Waals surface area contributed by atoms with Gasteiger partial charge in [-0.3, -0.25) is 4.79 Å². The minimum Gasteiger partial charge on any atom is -0.468 e. The smallest absolute Gasteiger partial charge is 0.318 e. The molecule has 2 fully saturated rings. The van der Waals surface area contributed by atoms with Crippen molar-refractivity contribution in [3.8, 4) is 0 Å². The van der Waals surface area contributed by atoms with E-state index in [1.165, 1.54) is 7.11 Å². The van der Waals surface area contributed by atoms with E-state index < -0.39 is 5.41 Å². The Balaban J connectivity index is 2.21. The van der Waals surface area contributed by atoms with Crippen LogP contribution in [0.1, 0.15) is 19.8 Å². The Hall–Kier alpha value is -0.830. The first-order chi connectivity index (χ1) is 6.77. The van der Waals surface area contributed by atoms with Crippen molar-refractivity contribution in [3.05, 3.63) is 12.2 Å². The first-order valence-corrected chi connectivity index (χ1v) is 5.11. The summed E-state index contributed by atoms with van der Waals surface area (Å²) in [5, 5.41) is 0. The van der Waals surface area contributed by atoms with Gasteiger partial charge in [0.1, 0.15) is 5.41 Å². The molecule has 1 saturated carbocycles. The molecule has 0 unspecified atom stereocenters. The Morgan fingerprint density at radius 2 is 2.43 bits per heavy atom. The van der Waals surface area contributed by atoms with E-state index in [0.717, 1.165) is 19.4 Å². The van der Waals surface area contributed by atoms with Gasteiger partial charge in [-0.1, -0.05) is 12.2 Å². The normalized spacial score (nSPS) is 40.7. The van der Waals surface area contributed by atoms with Crippen LogP contribution in [-0.4, -0.2) is 25.8 Å². The molecule has 1 aliphatic carbocycles. The van der Waals surface area contributed by atoms with Crippen molar-refractivity contribution in [1.82, 2.24) is 0 Å². The zero-order valence-electron chi connectivity index (χ0n) is 8.66. The molecule has 1 saturated heterocycles. The average Bonchev–Trinajstić information content (AvgIpc) is 2.88. The molecule has 78 valence electrons. The maximum Gasteiger partial charge on any atom is 0.318 e. The predicted molar refractivity (Wildman–Crippen MR) is 51.7 cm³/mol. The van der Waals surface area contributed by atoms with Gasteiger partial charge in [0.2, 0.25) is 0 Å². The van der Waals surface area contributed by atoms with Crippen molar-refractivity contribution >= 4 is 5.97 Å². The van der Waals surface area contributed by atoms with Gasteiger partial charge in [0.15, 0.2) is 0 Å². The highest BCUT2D eigenvalue weighted by atomic mass is 16.5. The number of hydrogen-bond donors (Lipinski definition) is 0. The minimum atomic E-state index is -0.458. The molecule has 3 atom stereocenters. The van der Waals surface area contributed by atoms with E-state index in [2.05, 4.69) is 0 Å². The SMILES string of the molecule is C/C=C/[C@]1(C(=O)OC)[C@@H]2CCCO[C@@H]21. The molecule has 3 nitrogen and oxygen atoms in total. The van der Waals surface area contributed by atoms with Crippen LogP contribution in [0.5, 0.6) is 0 Å². The molecule has 0 amide bonds. The zero-order chi connectivity index (χ0) is 10.2. The second-order valence-corrected chi connectivity index (χ2v) is 3.96. The summed E-state index contributed by atoms with van der Waals surface area (Å²) < 4.78 is 10.4. The van der Waals surface area contributed by atoms with Crippen molar-refractivity contribution in [1.29, 1.82) is 0 Å². The first-order valence-electron chi connectivity index (χ1n) is 5.11. The van der Waals surface area contributed by atoms with Gasteiger partial charge < -0.3 is 9.47 Å². The van der Waals surface area contributed by atoms with Crippen LogP contribution >= 0.6 is 0 Å². The minimum absolute atomic E-state index is 0.0694. The summed E-state index contributed by atoms with van der Waals surface area (Å²) in [7, 11) is 1.44. The molecule has 0 aromatic heterocycles. The first kappa shape index (κ1) is 9.71. The Morgan fingerprint density at radius 3 is 2.93 bits per heavy atom. The molecule has 2 rings (SSSR count). The molecule has 0 radical (unpaired) electrons. The van der Waals surface area contributed by atoms with Crippen molar-refractivity contribution in [2.45, 2.75) is 25.9 Å². The van der Waals surface area contributed by atoms with Crippen LogP contribution < -0.4 is 0 Å². The number of ether oxygens (including phenoxy) is 2. The highest BCUT2D eigenvalue weighted by Gasteiger charge is 2.70. The molecule has 0 N–H and O–H groups in total. The summed E-state index contributed by atoms with van der Waals surface area (Å²) in [6, 6.07) is 0. The Labute approximate surface area is 84.1 Å². The van der Waals surface area contributed by atoms with Gasteiger partial charge in [-0.05, 0) is 19.8 Å². The second-order valence-electron chi connectivity index (χ2n) is 3.96. The van der Waals surface area contributed by atoms with Gasteiger partial charge in [0.05, 0.1) is 13.2 Å². The lowest BCUT2D eigenvalue weighted by molar-refractivity contribution is -0.146. The largest absolute Gasteiger partial charge is 0.468 e. The molecular formula is C11H16O3. The van der Waals surface area contributed by atoms with E-state index in [9.17, 15) is 4.79 Å². The summed E-state index contributed by atoms with van der Waals surface area (Å²) in [5.74, 6) is 0.201. The van der Waals surface area contributed by atoms with Crippen LogP contribution in [0.25, 0.3) is 0 Å². The molecule has 0 aromatic rings. The molecule has 0 spiro atoms. The fourth-order valence-electron chi connectivity index (χ4n) is 2.61. The summed E-state index contributed by atoms with van der Waals surface area (Å²) in [6.45, 7) is 2.70. The Morgan fingerprint density at radius 1 is 1.64 bits per heavy atom. The van der Waals surface area contributed by atoms with Crippen molar-refractivity contribution < 1.29 is 14.3 Å². The highest BCUT2D eigenvalue weighted by Crippen LogP contribution is 2.60. The third kappa shape index (κ3) is 1.12. The van der Waals surface area contributed by atoms with Crippen LogP contribution in [0.4, 0.5) is 0 Å². The lowest BCUT2D eigenvalue weighted by atomic mass is 10.0. The highest BCUT2D eigenvalue weighted by molar-refractivity contribution is 5.84. The molecule has 2 aliphatic rings. The number of methoxy groups -OCH3 is 1. The zero-order valence-corrected chi connectivity index (χ0v) is 8.66. The average molecular weight is 196 g/mol. The van der Waals surface area contributed by atoms with Gasteiger partial charge in [0.25, 0.3) is 0 Å². The van der Waals surface area contributed by atoms with E-state index in [0.29, 0.717) is 5.92 Å². The van der Waals surface area contributed by atoms with Crippen LogP contribution in [-0.2, 0) is 14.3 Å². The molecule has 0 aromatic carbocycles. The third-order valence-electron chi connectivity index (χ3n) is 3.28. The predicted octanol–water partition coefficient (Wildman–Crippen LogP) is 1.53. The summed E-state index contributed by atoms with van der Waals surface area (Å²) in [5.41, 5.74) is -0.458. The van der Waals surface area contributed by atoms with Gasteiger partial charge in [-0.25, -0.2) is 0 Å². The van der Waals surface area contributed by atoms with Crippen LogP contribution in [0.15, 0.2) is 12.2 Å². The maximum absolute atomic E-state index is 11.7. The van der Waals surface area contributed by atoms with Crippen molar-refractivity contribution in [2.24, 2.45) is 11.3 Å². The Bertz CT molecular complexity index is 258. The summed E-state index contributed by atoms with van der Waals surface area (Å²) in [4.78, 5) is 11.7. The van der Waals surface area contributed by atoms with E-state index in [-0.39, 0.29) is 12.1 Å². The van der Waals surface area contributed by atoms with Crippen molar-refractivity contribution in [2.75, 3.05) is 13.7 Å². The molecular weight excluding hydrogens is 180 g/mol. The number of allylic oxidation sites excluding steroid dienone is 1. The van der Waals surface area contributed by atoms with E-state index >= 15 is 0 Å². The number of carbonyl (C=O) groups excluding carboxylic acids is 1. The fraction of sp³-hybridized carbons (Fsp3) is 0.727. The van der Waals surface area contributed by atoms with E-state index in [1.54, 1.807) is 0 Å². The van der Waals surface area contributed by atoms with Crippen LogP contribution in [0.3, 0.4) is 0 Å². The lowest BCUT2D eigenvalue weighted by Crippen LogP contribution is -2.20. The standard InChI is InChI=1S/C11H16O3/c1-3-6-11(10(12)13-2)8-5-4-7-14-9(8)11/h3,6,8-9H,4-5,7H2,1-2H3/b6-3+/t8-,9+,11+/m1/s1. The van der Waals surface area contributed by atoms with Crippen molar-refractivity contribution in [3.63, 3.8) is 0 Å². The number of rotatable bonds is 2. The van der Waals surface area contributed by atoms with E-state index in [4.69, 9.17) is 9.47 Å². The fourth-order valence-corrected chi connectivity index (χ4v) is 2.61. The molecule has 0 bridgehead atoms. The quantitative estimate of drug-likeness (QED) is 0.496. The number of fused-ring (bicyclic) bond motifs is 1. The third-order valence-corrected chi connectivity index (χ3v) is 3.28. The number of hydrogen-bond acceptors (Lipinski definition) is 3. The number of carbonyl (C=O) groups is 1. The molecule has 14 heavy (non-hydrogen) atoms. The monoisotopic (exact) mass is 196 g/mol. The topological polar surface area (TPSA) is 35.5 Å². The van der Waals surface area contributed by atoms with Gasteiger partial charge in [-0.15, -0.1) is 0 Å². The van der Waals surface area contributed by atoms with Gasteiger partial charge in [0, 0.05) is 12.5 Å². The maximum atomic E-state index is 11.7. The van der Waals surface area contributed by atoms with Crippen LogP contribution in [0, 0.1) is 11.3 Å². The Kier molecular flexibility index (Phi) is 2.35. The summed E-state index contributed by atoms with van der Waals surface area (Å²) >= 11 is 0. The molecule has 3 heteroatoms. The lowest BCUT2D eigenvalue weighted by Gasteiger charge is -2.09.